The average molecular weight is 258 g/mol. The van der Waals surface area contributed by atoms with Gasteiger partial charge < -0.3 is 15.1 Å². The maximum Gasteiger partial charge on any atom is 0.291 e. The zero-order valence-corrected chi connectivity index (χ0v) is 10.5. The Morgan fingerprint density at radius 2 is 1.74 bits per heavy atom. The van der Waals surface area contributed by atoms with E-state index in [9.17, 15) is 9.59 Å². The zero-order chi connectivity index (χ0) is 13.7. The van der Waals surface area contributed by atoms with Crippen LogP contribution in [0.4, 0.5) is 11.4 Å². The summed E-state index contributed by atoms with van der Waals surface area (Å²) >= 11 is 0. The topological polar surface area (TPSA) is 71.3 Å². The minimum Gasteiger partial charge on any atom is -0.459 e. The molecule has 0 saturated heterocycles. The molecule has 1 aromatic carbocycles. The second-order valence-electron chi connectivity index (χ2n) is 3.88. The standard InChI is InChI=1S/C14H14N2O3/c1-2-13(17)15-10-6-3-4-7-11(10)16-14(18)12-8-5-9-19-12/h3-9H,2H2,1H3,(H,15,17)(H,16,18). The number of anilines is 2. The highest BCUT2D eigenvalue weighted by molar-refractivity contribution is 6.05. The molecule has 0 aliphatic rings. The van der Waals surface area contributed by atoms with Gasteiger partial charge in [0.05, 0.1) is 17.6 Å². The van der Waals surface area contributed by atoms with Crippen LogP contribution in [0, 0.1) is 0 Å². The van der Waals surface area contributed by atoms with Gasteiger partial charge in [-0.05, 0) is 24.3 Å². The van der Waals surface area contributed by atoms with Gasteiger partial charge in [-0.15, -0.1) is 0 Å². The molecule has 1 aromatic heterocycles. The molecule has 1 heterocycles. The van der Waals surface area contributed by atoms with Crippen LogP contribution >= 0.6 is 0 Å². The Kier molecular flexibility index (Phi) is 3.97. The average Bonchev–Trinajstić information content (AvgIpc) is 2.95. The third-order valence-corrected chi connectivity index (χ3v) is 2.52. The van der Waals surface area contributed by atoms with Gasteiger partial charge in [-0.1, -0.05) is 19.1 Å². The third-order valence-electron chi connectivity index (χ3n) is 2.52. The number of rotatable bonds is 4. The molecule has 98 valence electrons. The van der Waals surface area contributed by atoms with E-state index in [2.05, 4.69) is 10.6 Å². The van der Waals surface area contributed by atoms with Crippen LogP contribution in [-0.2, 0) is 4.79 Å². The molecule has 0 atom stereocenters. The van der Waals surface area contributed by atoms with E-state index < -0.39 is 0 Å². The van der Waals surface area contributed by atoms with Crippen molar-refractivity contribution in [2.24, 2.45) is 0 Å². The predicted octanol–water partition coefficient (Wildman–Crippen LogP) is 2.88. The number of hydrogen-bond acceptors (Lipinski definition) is 3. The van der Waals surface area contributed by atoms with Gasteiger partial charge in [0.15, 0.2) is 5.76 Å². The minimum absolute atomic E-state index is 0.111. The number of hydrogen-bond donors (Lipinski definition) is 2. The molecule has 5 heteroatoms. The van der Waals surface area contributed by atoms with Crippen LogP contribution in [0.1, 0.15) is 23.9 Å². The molecule has 2 aromatic rings. The molecular weight excluding hydrogens is 244 g/mol. The summed E-state index contributed by atoms with van der Waals surface area (Å²) < 4.78 is 5.01. The van der Waals surface area contributed by atoms with Crippen molar-refractivity contribution in [3.8, 4) is 0 Å². The molecule has 0 spiro atoms. The summed E-state index contributed by atoms with van der Waals surface area (Å²) in [6.45, 7) is 1.76. The van der Waals surface area contributed by atoms with Gasteiger partial charge in [-0.25, -0.2) is 0 Å². The molecule has 2 amide bonds. The Hall–Kier alpha value is -2.56. The molecule has 2 rings (SSSR count). The van der Waals surface area contributed by atoms with Crippen LogP contribution in [-0.4, -0.2) is 11.8 Å². The molecule has 19 heavy (non-hydrogen) atoms. The normalized spacial score (nSPS) is 9.95. The molecular formula is C14H14N2O3. The Labute approximate surface area is 110 Å². The van der Waals surface area contributed by atoms with Crippen molar-refractivity contribution in [3.63, 3.8) is 0 Å². The van der Waals surface area contributed by atoms with Crippen LogP contribution in [0.5, 0.6) is 0 Å². The molecule has 5 nitrogen and oxygen atoms in total. The Balaban J connectivity index is 2.16. The number of carbonyl (C=O) groups excluding carboxylic acids is 2. The van der Waals surface area contributed by atoms with Crippen molar-refractivity contribution in [3.05, 3.63) is 48.4 Å². The van der Waals surface area contributed by atoms with E-state index in [1.165, 1.54) is 6.26 Å². The molecule has 0 aliphatic heterocycles. The van der Waals surface area contributed by atoms with Gasteiger partial charge in [0, 0.05) is 6.42 Å². The summed E-state index contributed by atoms with van der Waals surface area (Å²) in [6, 6.07) is 10.2. The quantitative estimate of drug-likeness (QED) is 0.885. The van der Waals surface area contributed by atoms with E-state index in [0.29, 0.717) is 17.8 Å². The first kappa shape index (κ1) is 12.9. The second-order valence-corrected chi connectivity index (χ2v) is 3.88. The SMILES string of the molecule is CCC(=O)Nc1ccccc1NC(=O)c1ccco1. The van der Waals surface area contributed by atoms with E-state index in [0.717, 1.165) is 0 Å². The smallest absolute Gasteiger partial charge is 0.291 e. The Bertz CT molecular complexity index is 576. The molecule has 2 N–H and O–H groups in total. The first-order chi connectivity index (χ1) is 9.20. The maximum absolute atomic E-state index is 11.9. The molecule has 0 saturated carbocycles. The highest BCUT2D eigenvalue weighted by atomic mass is 16.3. The number of carbonyl (C=O) groups is 2. The fourth-order valence-electron chi connectivity index (χ4n) is 1.53. The summed E-state index contributed by atoms with van der Waals surface area (Å²) in [5, 5.41) is 5.42. The van der Waals surface area contributed by atoms with Crippen LogP contribution in [0.3, 0.4) is 0 Å². The second kappa shape index (κ2) is 5.86. The lowest BCUT2D eigenvalue weighted by Gasteiger charge is -2.10. The number of benzene rings is 1. The fourth-order valence-corrected chi connectivity index (χ4v) is 1.53. The van der Waals surface area contributed by atoms with E-state index in [1.54, 1.807) is 43.3 Å². The summed E-state index contributed by atoms with van der Waals surface area (Å²) in [4.78, 5) is 23.3. The summed E-state index contributed by atoms with van der Waals surface area (Å²) in [6.07, 6.45) is 1.81. The van der Waals surface area contributed by atoms with Gasteiger partial charge in [-0.3, -0.25) is 9.59 Å². The summed E-state index contributed by atoms with van der Waals surface area (Å²) in [5.74, 6) is -0.250. The van der Waals surface area contributed by atoms with Gasteiger partial charge >= 0.3 is 0 Å². The van der Waals surface area contributed by atoms with Crippen molar-refractivity contribution >= 4 is 23.2 Å². The Morgan fingerprint density at radius 3 is 2.32 bits per heavy atom. The lowest BCUT2D eigenvalue weighted by atomic mass is 10.2. The van der Waals surface area contributed by atoms with Gasteiger partial charge in [0.2, 0.25) is 5.91 Å². The van der Waals surface area contributed by atoms with E-state index in [-0.39, 0.29) is 17.6 Å². The number of amides is 2. The van der Waals surface area contributed by atoms with E-state index in [4.69, 9.17) is 4.42 Å². The van der Waals surface area contributed by atoms with Crippen LogP contribution in [0.2, 0.25) is 0 Å². The molecule has 0 bridgehead atoms. The van der Waals surface area contributed by atoms with Gasteiger partial charge in [0.25, 0.3) is 5.91 Å². The molecule has 0 aliphatic carbocycles. The molecule has 0 fully saturated rings. The van der Waals surface area contributed by atoms with Crippen molar-refractivity contribution in [1.82, 2.24) is 0 Å². The van der Waals surface area contributed by atoms with Crippen LogP contribution in [0.25, 0.3) is 0 Å². The van der Waals surface area contributed by atoms with Crippen molar-refractivity contribution < 1.29 is 14.0 Å². The lowest BCUT2D eigenvalue weighted by molar-refractivity contribution is -0.115. The van der Waals surface area contributed by atoms with Crippen molar-refractivity contribution in [2.75, 3.05) is 10.6 Å². The third kappa shape index (κ3) is 3.22. The van der Waals surface area contributed by atoms with Crippen molar-refractivity contribution in [1.29, 1.82) is 0 Å². The van der Waals surface area contributed by atoms with Gasteiger partial charge in [-0.2, -0.15) is 0 Å². The lowest BCUT2D eigenvalue weighted by Crippen LogP contribution is -2.15. The number of nitrogens with one attached hydrogen (secondary N) is 2. The fraction of sp³-hybridized carbons (Fsp3) is 0.143. The summed E-state index contributed by atoms with van der Waals surface area (Å²) in [5.41, 5.74) is 1.10. The van der Waals surface area contributed by atoms with Crippen LogP contribution < -0.4 is 10.6 Å². The van der Waals surface area contributed by atoms with E-state index in [1.807, 2.05) is 0 Å². The highest BCUT2D eigenvalue weighted by Gasteiger charge is 2.11. The van der Waals surface area contributed by atoms with Crippen molar-refractivity contribution in [2.45, 2.75) is 13.3 Å². The molecule has 0 unspecified atom stereocenters. The highest BCUT2D eigenvalue weighted by Crippen LogP contribution is 2.21. The first-order valence-electron chi connectivity index (χ1n) is 5.94. The first-order valence-corrected chi connectivity index (χ1v) is 5.94. The zero-order valence-electron chi connectivity index (χ0n) is 10.5. The molecule has 0 radical (unpaired) electrons. The van der Waals surface area contributed by atoms with Crippen LogP contribution in [0.15, 0.2) is 47.1 Å². The monoisotopic (exact) mass is 258 g/mol. The van der Waals surface area contributed by atoms with E-state index >= 15 is 0 Å². The predicted molar refractivity (Wildman–Crippen MR) is 72.0 cm³/mol. The minimum atomic E-state index is -0.358. The maximum atomic E-state index is 11.9. The number of furan rings is 1. The Morgan fingerprint density at radius 1 is 1.05 bits per heavy atom. The summed E-state index contributed by atoms with van der Waals surface area (Å²) in [7, 11) is 0. The largest absolute Gasteiger partial charge is 0.459 e. The van der Waals surface area contributed by atoms with Gasteiger partial charge in [0.1, 0.15) is 0 Å². The number of para-hydroxylation sites is 2.